The highest BCUT2D eigenvalue weighted by Gasteiger charge is 2.10. The van der Waals surface area contributed by atoms with Crippen molar-refractivity contribution in [2.75, 3.05) is 5.94 Å². The zero-order valence-electron chi connectivity index (χ0n) is 7.60. The quantitative estimate of drug-likeness (QED) is 0.609. The zero-order valence-corrected chi connectivity index (χ0v) is 8.41. The Morgan fingerprint density at radius 1 is 1.50 bits per heavy atom. The second kappa shape index (κ2) is 4.88. The van der Waals surface area contributed by atoms with Gasteiger partial charge in [-0.25, -0.2) is 9.00 Å². The molecule has 0 amide bonds. The fraction of sp³-hybridized carbons (Fsp3) is 0.222. The minimum absolute atomic E-state index is 0.415. The van der Waals surface area contributed by atoms with E-state index in [9.17, 15) is 9.00 Å². The molecule has 5 heteroatoms. The van der Waals surface area contributed by atoms with Crippen LogP contribution in [-0.4, -0.2) is 20.7 Å². The van der Waals surface area contributed by atoms with E-state index in [1.54, 1.807) is 31.2 Å². The number of rotatable bonds is 3. The van der Waals surface area contributed by atoms with E-state index < -0.39 is 23.0 Å². The summed E-state index contributed by atoms with van der Waals surface area (Å²) in [4.78, 5) is 11.3. The topological polar surface area (TPSA) is 63.6 Å². The van der Waals surface area contributed by atoms with Crippen LogP contribution < -0.4 is 0 Å². The van der Waals surface area contributed by atoms with Gasteiger partial charge in [-0.3, -0.25) is 0 Å². The third-order valence-corrected chi connectivity index (χ3v) is 1.98. The average molecular weight is 214 g/mol. The minimum atomic E-state index is -2.11. The largest absolute Gasteiger partial charge is 0.446 e. The standard InChI is InChI=1S/C9H10O4S/c1-7-4-2-3-5-8(7)9(10)13-6-14(11)12/h2-5H,6H2,1H3,(H,11,12). The van der Waals surface area contributed by atoms with Crippen molar-refractivity contribution >= 4 is 17.0 Å². The summed E-state index contributed by atoms with van der Waals surface area (Å²) in [5.74, 6) is -1.07. The summed E-state index contributed by atoms with van der Waals surface area (Å²) in [5.41, 5.74) is 1.19. The first-order chi connectivity index (χ1) is 6.61. The van der Waals surface area contributed by atoms with Crippen molar-refractivity contribution in [3.8, 4) is 0 Å². The molecule has 1 N–H and O–H groups in total. The number of esters is 1. The molecule has 0 heterocycles. The maximum atomic E-state index is 11.3. The summed E-state index contributed by atoms with van der Waals surface area (Å²) in [7, 11) is 0. The van der Waals surface area contributed by atoms with Crippen LogP contribution in [0.4, 0.5) is 0 Å². The number of aryl methyl sites for hydroxylation is 1. The van der Waals surface area contributed by atoms with Gasteiger partial charge in [0.05, 0.1) is 5.56 Å². The third-order valence-electron chi connectivity index (χ3n) is 1.66. The summed E-state index contributed by atoms with van der Waals surface area (Å²) in [6.45, 7) is 1.77. The van der Waals surface area contributed by atoms with Crippen molar-refractivity contribution < 1.29 is 18.3 Å². The highest BCUT2D eigenvalue weighted by Crippen LogP contribution is 2.08. The fourth-order valence-electron chi connectivity index (χ4n) is 0.984. The molecule has 1 aromatic carbocycles. The lowest BCUT2D eigenvalue weighted by molar-refractivity contribution is 0.0569. The molecule has 1 atom stereocenters. The van der Waals surface area contributed by atoms with Gasteiger partial charge < -0.3 is 9.29 Å². The van der Waals surface area contributed by atoms with Crippen molar-refractivity contribution in [1.29, 1.82) is 0 Å². The molecule has 76 valence electrons. The second-order valence-corrected chi connectivity index (χ2v) is 3.56. The Morgan fingerprint density at radius 3 is 2.71 bits per heavy atom. The molecular formula is C9H10O4S. The van der Waals surface area contributed by atoms with Crippen LogP contribution in [0, 0.1) is 6.92 Å². The van der Waals surface area contributed by atoms with Gasteiger partial charge in [0.25, 0.3) is 0 Å². The summed E-state index contributed by atoms with van der Waals surface area (Å²) in [6.07, 6.45) is 0. The van der Waals surface area contributed by atoms with Gasteiger partial charge in [0.2, 0.25) is 0 Å². The van der Waals surface area contributed by atoms with E-state index in [4.69, 9.17) is 4.55 Å². The number of hydrogen-bond acceptors (Lipinski definition) is 3. The minimum Gasteiger partial charge on any atom is -0.446 e. The van der Waals surface area contributed by atoms with Gasteiger partial charge in [0.15, 0.2) is 17.0 Å². The van der Waals surface area contributed by atoms with Crippen molar-refractivity contribution in [3.63, 3.8) is 0 Å². The lowest BCUT2D eigenvalue weighted by Crippen LogP contribution is -2.10. The Hall–Kier alpha value is -1.20. The lowest BCUT2D eigenvalue weighted by Gasteiger charge is -2.04. The average Bonchev–Trinajstić information content (AvgIpc) is 2.15. The summed E-state index contributed by atoms with van der Waals surface area (Å²) in [5, 5.41) is 0. The Balaban J connectivity index is 2.70. The maximum Gasteiger partial charge on any atom is 0.339 e. The molecule has 0 aliphatic heterocycles. The molecule has 1 aromatic rings. The van der Waals surface area contributed by atoms with Gasteiger partial charge in [0.1, 0.15) is 0 Å². The van der Waals surface area contributed by atoms with Crippen LogP contribution in [0.3, 0.4) is 0 Å². The fourth-order valence-corrected chi connectivity index (χ4v) is 1.19. The van der Waals surface area contributed by atoms with Crippen LogP contribution in [-0.2, 0) is 15.8 Å². The molecule has 0 saturated carbocycles. The lowest BCUT2D eigenvalue weighted by atomic mass is 10.1. The number of benzene rings is 1. The smallest absolute Gasteiger partial charge is 0.339 e. The van der Waals surface area contributed by atoms with Crippen molar-refractivity contribution in [2.45, 2.75) is 6.92 Å². The normalized spacial score (nSPS) is 12.1. The summed E-state index contributed by atoms with van der Waals surface area (Å²) in [6, 6.07) is 6.89. The van der Waals surface area contributed by atoms with Gasteiger partial charge in [-0.1, -0.05) is 18.2 Å². The van der Waals surface area contributed by atoms with Gasteiger partial charge >= 0.3 is 5.97 Å². The van der Waals surface area contributed by atoms with E-state index in [0.717, 1.165) is 5.56 Å². The van der Waals surface area contributed by atoms with Crippen LogP contribution in [0.5, 0.6) is 0 Å². The zero-order chi connectivity index (χ0) is 10.6. The molecule has 1 rings (SSSR count). The van der Waals surface area contributed by atoms with E-state index in [2.05, 4.69) is 4.74 Å². The van der Waals surface area contributed by atoms with Gasteiger partial charge in [-0.15, -0.1) is 0 Å². The van der Waals surface area contributed by atoms with Gasteiger partial charge in [0, 0.05) is 0 Å². The number of hydrogen-bond donors (Lipinski definition) is 1. The van der Waals surface area contributed by atoms with E-state index in [-0.39, 0.29) is 0 Å². The van der Waals surface area contributed by atoms with E-state index in [1.165, 1.54) is 0 Å². The van der Waals surface area contributed by atoms with Crippen LogP contribution in [0.25, 0.3) is 0 Å². The molecule has 0 fully saturated rings. The Labute approximate surface area is 84.2 Å². The Morgan fingerprint density at radius 2 is 2.14 bits per heavy atom. The van der Waals surface area contributed by atoms with Crippen molar-refractivity contribution in [1.82, 2.24) is 0 Å². The summed E-state index contributed by atoms with van der Waals surface area (Å²) < 4.78 is 23.2. The molecule has 0 bridgehead atoms. The van der Waals surface area contributed by atoms with Gasteiger partial charge in [-0.2, -0.15) is 0 Å². The van der Waals surface area contributed by atoms with Crippen molar-refractivity contribution in [3.05, 3.63) is 35.4 Å². The number of ether oxygens (including phenoxy) is 1. The molecule has 4 nitrogen and oxygen atoms in total. The first-order valence-corrected chi connectivity index (χ1v) is 5.19. The molecule has 0 aliphatic carbocycles. The first-order valence-electron chi connectivity index (χ1n) is 3.91. The van der Waals surface area contributed by atoms with E-state index in [1.807, 2.05) is 0 Å². The highest BCUT2D eigenvalue weighted by atomic mass is 32.2. The molecule has 0 saturated heterocycles. The number of carbonyl (C=O) groups excluding carboxylic acids is 1. The van der Waals surface area contributed by atoms with Crippen molar-refractivity contribution in [2.24, 2.45) is 0 Å². The number of carbonyl (C=O) groups is 1. The third kappa shape index (κ3) is 2.93. The molecule has 0 radical (unpaired) electrons. The molecule has 0 spiro atoms. The molecule has 1 unspecified atom stereocenters. The van der Waals surface area contributed by atoms with Gasteiger partial charge in [-0.05, 0) is 18.6 Å². The summed E-state index contributed by atoms with van der Waals surface area (Å²) >= 11 is -2.11. The Bertz CT molecular complexity index is 362. The second-order valence-electron chi connectivity index (χ2n) is 2.69. The van der Waals surface area contributed by atoms with Crippen LogP contribution in [0.15, 0.2) is 24.3 Å². The van der Waals surface area contributed by atoms with Crippen LogP contribution in [0.2, 0.25) is 0 Å². The molecule has 0 aliphatic rings. The SMILES string of the molecule is Cc1ccccc1C(=O)OCS(=O)O. The monoisotopic (exact) mass is 214 g/mol. The molecule has 0 aromatic heterocycles. The van der Waals surface area contributed by atoms with E-state index >= 15 is 0 Å². The molecular weight excluding hydrogens is 204 g/mol. The predicted molar refractivity (Wildman–Crippen MR) is 52.2 cm³/mol. The van der Waals surface area contributed by atoms with Crippen LogP contribution in [0.1, 0.15) is 15.9 Å². The van der Waals surface area contributed by atoms with E-state index in [0.29, 0.717) is 5.56 Å². The predicted octanol–water partition coefficient (Wildman–Crippen LogP) is 1.33. The maximum absolute atomic E-state index is 11.3. The Kier molecular flexibility index (Phi) is 3.79. The highest BCUT2D eigenvalue weighted by molar-refractivity contribution is 7.79. The van der Waals surface area contributed by atoms with Crippen LogP contribution >= 0.6 is 0 Å². The first kappa shape index (κ1) is 10.9. The molecule has 14 heavy (non-hydrogen) atoms.